The van der Waals surface area contributed by atoms with Crippen molar-refractivity contribution in [1.29, 1.82) is 0 Å². The molecule has 2 aliphatic heterocycles. The lowest BCUT2D eigenvalue weighted by molar-refractivity contribution is 0.101. The molecule has 0 aromatic heterocycles. The molecule has 158 valence electrons. The van der Waals surface area contributed by atoms with Crippen LogP contribution in [0.25, 0.3) is 0 Å². The van der Waals surface area contributed by atoms with E-state index in [0.29, 0.717) is 41.9 Å². The number of benzene rings is 2. The first-order valence-electron chi connectivity index (χ1n) is 10.6. The molecule has 4 rings (SSSR count). The maximum atomic E-state index is 13.0. The Morgan fingerprint density at radius 2 is 1.87 bits per heavy atom. The van der Waals surface area contributed by atoms with E-state index in [2.05, 4.69) is 10.6 Å². The second kappa shape index (κ2) is 9.76. The molecule has 0 amide bonds. The second-order valence-electron chi connectivity index (χ2n) is 7.66. The van der Waals surface area contributed by atoms with Crippen LogP contribution in [0.4, 0.5) is 4.39 Å². The summed E-state index contributed by atoms with van der Waals surface area (Å²) in [5.74, 6) is 1.39. The number of ketones is 1. The van der Waals surface area contributed by atoms with E-state index >= 15 is 0 Å². The third kappa shape index (κ3) is 5.00. The minimum absolute atomic E-state index is 0.0513. The third-order valence-electron chi connectivity index (χ3n) is 5.45. The maximum Gasteiger partial charge on any atom is 0.233 e. The van der Waals surface area contributed by atoms with Gasteiger partial charge in [-0.15, -0.1) is 0 Å². The molecule has 5 nitrogen and oxygen atoms in total. The average molecular weight is 410 g/mol. The first-order valence-corrected chi connectivity index (χ1v) is 10.6. The smallest absolute Gasteiger partial charge is 0.233 e. The van der Waals surface area contributed by atoms with Crippen LogP contribution in [0, 0.1) is 5.82 Å². The van der Waals surface area contributed by atoms with Gasteiger partial charge in [-0.3, -0.25) is 4.79 Å². The van der Waals surface area contributed by atoms with Crippen LogP contribution in [0.5, 0.6) is 11.5 Å². The quantitative estimate of drug-likeness (QED) is 0.505. The summed E-state index contributed by atoms with van der Waals surface area (Å²) in [7, 11) is 0. The zero-order valence-corrected chi connectivity index (χ0v) is 17.0. The van der Waals surface area contributed by atoms with E-state index in [-0.39, 0.29) is 11.6 Å². The number of carbonyl (C=O) groups is 1. The van der Waals surface area contributed by atoms with Crippen molar-refractivity contribution >= 4 is 5.78 Å². The summed E-state index contributed by atoms with van der Waals surface area (Å²) in [6.45, 7) is 2.48. The topological polar surface area (TPSA) is 59.6 Å². The summed E-state index contributed by atoms with van der Waals surface area (Å²) in [4.78, 5) is 12.9. The lowest BCUT2D eigenvalue weighted by atomic mass is 10.0. The molecule has 6 heteroatoms. The van der Waals surface area contributed by atoms with Gasteiger partial charge >= 0.3 is 0 Å². The highest BCUT2D eigenvalue weighted by atomic mass is 19.1. The fraction of sp³-hybridized carbons (Fsp3) is 0.375. The van der Waals surface area contributed by atoms with E-state index in [9.17, 15) is 9.18 Å². The zero-order valence-electron chi connectivity index (χ0n) is 17.0. The number of unbranched alkanes of at least 4 members (excludes halogenated alkanes) is 1. The molecule has 2 heterocycles. The normalized spacial score (nSPS) is 18.0. The monoisotopic (exact) mass is 410 g/mol. The summed E-state index contributed by atoms with van der Waals surface area (Å²) >= 11 is 0. The van der Waals surface area contributed by atoms with Crippen molar-refractivity contribution in [2.45, 2.75) is 38.1 Å². The molecule has 2 aliphatic rings. The highest BCUT2D eigenvalue weighted by Crippen LogP contribution is 2.32. The Morgan fingerprint density at radius 1 is 1.10 bits per heavy atom. The van der Waals surface area contributed by atoms with E-state index in [0.717, 1.165) is 44.5 Å². The summed E-state index contributed by atoms with van der Waals surface area (Å²) in [6.07, 6.45) is 4.43. The SMILES string of the molecule is O=C1/C(=C(\CCCCOc2ccc(F)cc2)NC2CCNCC2)Oc2ccccc21. The number of halogens is 1. The van der Waals surface area contributed by atoms with E-state index in [1.807, 2.05) is 24.3 Å². The fourth-order valence-electron chi connectivity index (χ4n) is 3.81. The van der Waals surface area contributed by atoms with Crippen molar-refractivity contribution in [2.75, 3.05) is 19.7 Å². The summed E-state index contributed by atoms with van der Waals surface area (Å²) < 4.78 is 24.6. The van der Waals surface area contributed by atoms with Gasteiger partial charge in [0.2, 0.25) is 5.78 Å². The van der Waals surface area contributed by atoms with Crippen molar-refractivity contribution in [3.8, 4) is 11.5 Å². The van der Waals surface area contributed by atoms with Crippen molar-refractivity contribution < 1.29 is 18.7 Å². The predicted octanol–water partition coefficient (Wildman–Crippen LogP) is 4.20. The molecule has 0 radical (unpaired) electrons. The van der Waals surface area contributed by atoms with Gasteiger partial charge in [0.05, 0.1) is 17.9 Å². The number of allylic oxidation sites excluding steroid dienone is 2. The third-order valence-corrected chi connectivity index (χ3v) is 5.45. The molecule has 1 fully saturated rings. The van der Waals surface area contributed by atoms with Crippen molar-refractivity contribution in [3.05, 3.63) is 71.4 Å². The van der Waals surface area contributed by atoms with Gasteiger partial charge in [-0.05, 0) is 81.6 Å². The number of piperidine rings is 1. The Morgan fingerprint density at radius 3 is 2.63 bits per heavy atom. The number of fused-ring (bicyclic) bond motifs is 1. The summed E-state index contributed by atoms with van der Waals surface area (Å²) in [5, 5.41) is 6.95. The van der Waals surface area contributed by atoms with Gasteiger partial charge in [0, 0.05) is 6.04 Å². The van der Waals surface area contributed by atoms with Crippen LogP contribution in [-0.2, 0) is 0 Å². The molecular weight excluding hydrogens is 383 g/mol. The Hall–Kier alpha value is -2.86. The lowest BCUT2D eigenvalue weighted by Gasteiger charge is -2.26. The standard InChI is InChI=1S/C24H27FN2O3/c25-17-8-10-19(11-9-17)29-16-4-3-6-21(27-18-12-14-26-15-13-18)24-23(28)20-5-1-2-7-22(20)30-24/h1-2,5,7-11,18,26-27H,3-4,6,12-16H2/b24-21-. The van der Waals surface area contributed by atoms with Crippen LogP contribution in [0.2, 0.25) is 0 Å². The van der Waals surface area contributed by atoms with Crippen molar-refractivity contribution in [2.24, 2.45) is 0 Å². The van der Waals surface area contributed by atoms with Crippen LogP contribution in [0.3, 0.4) is 0 Å². The van der Waals surface area contributed by atoms with Crippen LogP contribution < -0.4 is 20.1 Å². The first kappa shape index (κ1) is 20.4. The van der Waals surface area contributed by atoms with Gasteiger partial charge in [-0.2, -0.15) is 0 Å². The number of rotatable bonds is 8. The first-order chi connectivity index (χ1) is 14.7. The van der Waals surface area contributed by atoms with Gasteiger partial charge in [-0.25, -0.2) is 4.39 Å². The minimum Gasteiger partial charge on any atom is -0.494 e. The molecule has 0 saturated carbocycles. The molecule has 2 aromatic rings. The molecule has 0 aliphatic carbocycles. The molecule has 0 bridgehead atoms. The molecule has 1 saturated heterocycles. The van der Waals surface area contributed by atoms with E-state index < -0.39 is 0 Å². The van der Waals surface area contributed by atoms with Gasteiger partial charge in [0.15, 0.2) is 5.76 Å². The van der Waals surface area contributed by atoms with Gasteiger partial charge in [0.1, 0.15) is 17.3 Å². The highest BCUT2D eigenvalue weighted by Gasteiger charge is 2.30. The molecule has 0 atom stereocenters. The number of hydrogen-bond acceptors (Lipinski definition) is 5. The predicted molar refractivity (Wildman–Crippen MR) is 113 cm³/mol. The molecule has 0 spiro atoms. The Kier molecular flexibility index (Phi) is 6.64. The highest BCUT2D eigenvalue weighted by molar-refractivity contribution is 6.12. The van der Waals surface area contributed by atoms with E-state index in [4.69, 9.17) is 9.47 Å². The number of para-hydroxylation sites is 1. The molecule has 2 aromatic carbocycles. The summed E-state index contributed by atoms with van der Waals surface area (Å²) in [5.41, 5.74) is 1.50. The van der Waals surface area contributed by atoms with Gasteiger partial charge in [-0.1, -0.05) is 12.1 Å². The number of ether oxygens (including phenoxy) is 2. The van der Waals surface area contributed by atoms with Crippen molar-refractivity contribution in [3.63, 3.8) is 0 Å². The zero-order chi connectivity index (χ0) is 20.8. The molecular formula is C24H27FN2O3. The van der Waals surface area contributed by atoms with Crippen molar-refractivity contribution in [1.82, 2.24) is 10.6 Å². The largest absolute Gasteiger partial charge is 0.494 e. The van der Waals surface area contributed by atoms with E-state index in [1.54, 1.807) is 12.1 Å². The van der Waals surface area contributed by atoms with Gasteiger partial charge in [0.25, 0.3) is 0 Å². The van der Waals surface area contributed by atoms with Crippen LogP contribution >= 0.6 is 0 Å². The Balaban J connectivity index is 1.38. The molecule has 0 unspecified atom stereocenters. The number of hydrogen-bond donors (Lipinski definition) is 2. The number of nitrogens with one attached hydrogen (secondary N) is 2. The Labute approximate surface area is 176 Å². The number of carbonyl (C=O) groups excluding carboxylic acids is 1. The van der Waals surface area contributed by atoms with Gasteiger partial charge < -0.3 is 20.1 Å². The molecule has 30 heavy (non-hydrogen) atoms. The fourth-order valence-corrected chi connectivity index (χ4v) is 3.81. The van der Waals surface area contributed by atoms with Crippen LogP contribution in [-0.4, -0.2) is 31.5 Å². The second-order valence-corrected chi connectivity index (χ2v) is 7.66. The molecule has 2 N–H and O–H groups in total. The average Bonchev–Trinajstić information content (AvgIpc) is 3.11. The van der Waals surface area contributed by atoms with E-state index in [1.165, 1.54) is 12.1 Å². The van der Waals surface area contributed by atoms with Crippen LogP contribution in [0.1, 0.15) is 42.5 Å². The summed E-state index contributed by atoms with van der Waals surface area (Å²) in [6, 6.07) is 13.8. The van der Waals surface area contributed by atoms with Crippen LogP contribution in [0.15, 0.2) is 60.0 Å². The lowest BCUT2D eigenvalue weighted by Crippen LogP contribution is -2.40. The maximum absolute atomic E-state index is 13.0. The minimum atomic E-state index is -0.273. The Bertz CT molecular complexity index is 905. The number of Topliss-reactive ketones (excluding diaryl/α,β-unsaturated/α-hetero) is 1.